The van der Waals surface area contributed by atoms with Crippen molar-refractivity contribution in [3.8, 4) is 5.75 Å². The normalized spacial score (nSPS) is 14.6. The molecular weight excluding hydrogens is 410 g/mol. The van der Waals surface area contributed by atoms with E-state index in [1.165, 1.54) is 0 Å². The Morgan fingerprint density at radius 1 is 1.16 bits per heavy atom. The molecule has 0 unspecified atom stereocenters. The molecule has 0 aliphatic carbocycles. The van der Waals surface area contributed by atoms with Gasteiger partial charge in [-0.3, -0.25) is 14.6 Å². The second kappa shape index (κ2) is 10.7. The molecule has 1 aliphatic rings. The zero-order chi connectivity index (χ0) is 21.5. The number of benzene rings is 2. The largest absolute Gasteiger partial charge is 0.494 e. The van der Waals surface area contributed by atoms with E-state index in [0.29, 0.717) is 18.7 Å². The number of rotatable bonds is 9. The molecule has 4 rings (SSSR count). The number of para-hydroxylation sites is 1. The summed E-state index contributed by atoms with van der Waals surface area (Å²) in [5, 5.41) is 0.739. The summed E-state index contributed by atoms with van der Waals surface area (Å²) >= 11 is 1.56. The Morgan fingerprint density at radius 3 is 2.68 bits per heavy atom. The molecule has 1 aromatic heterocycles. The minimum atomic E-state index is -0.0348. The van der Waals surface area contributed by atoms with Crippen LogP contribution in [0.1, 0.15) is 30.1 Å². The average Bonchev–Trinajstić information content (AvgIpc) is 3.24. The van der Waals surface area contributed by atoms with Gasteiger partial charge >= 0.3 is 0 Å². The van der Waals surface area contributed by atoms with E-state index < -0.39 is 0 Å². The zero-order valence-corrected chi connectivity index (χ0v) is 18.8. The van der Waals surface area contributed by atoms with Crippen LogP contribution in [0.25, 0.3) is 10.2 Å². The van der Waals surface area contributed by atoms with Crippen LogP contribution in [0.15, 0.2) is 48.5 Å². The number of morpholine rings is 1. The molecule has 7 heteroatoms. The Labute approximate surface area is 187 Å². The van der Waals surface area contributed by atoms with E-state index >= 15 is 0 Å². The molecule has 0 saturated carbocycles. The van der Waals surface area contributed by atoms with Gasteiger partial charge in [-0.05, 0) is 42.8 Å². The number of unbranched alkanes of at least 4 members (excludes halogenated alkanes) is 1. The van der Waals surface area contributed by atoms with E-state index in [1.54, 1.807) is 11.3 Å². The number of hydrogen-bond donors (Lipinski definition) is 0. The van der Waals surface area contributed by atoms with Crippen LogP contribution in [0.4, 0.5) is 5.13 Å². The molecule has 0 radical (unpaired) electrons. The molecule has 1 amide bonds. The summed E-state index contributed by atoms with van der Waals surface area (Å²) in [4.78, 5) is 22.4. The van der Waals surface area contributed by atoms with Gasteiger partial charge in [0.05, 0.1) is 30.0 Å². The van der Waals surface area contributed by atoms with Crippen molar-refractivity contribution in [2.45, 2.75) is 19.8 Å². The SMILES string of the molecule is CCCCOc1ccc(C(=O)N(CCN2CCOCC2)c2nc3ccccc3s2)cc1. The molecule has 1 fully saturated rings. The van der Waals surface area contributed by atoms with Gasteiger partial charge in [0, 0.05) is 31.7 Å². The quantitative estimate of drug-likeness (QED) is 0.461. The van der Waals surface area contributed by atoms with Crippen LogP contribution in [0.3, 0.4) is 0 Å². The molecule has 0 spiro atoms. The molecule has 3 aromatic rings. The van der Waals surface area contributed by atoms with Crippen LogP contribution >= 0.6 is 11.3 Å². The van der Waals surface area contributed by atoms with Crippen molar-refractivity contribution in [3.63, 3.8) is 0 Å². The van der Waals surface area contributed by atoms with Crippen molar-refractivity contribution in [2.24, 2.45) is 0 Å². The van der Waals surface area contributed by atoms with Crippen LogP contribution in [0.5, 0.6) is 5.75 Å². The van der Waals surface area contributed by atoms with Crippen LogP contribution in [-0.2, 0) is 4.74 Å². The lowest BCUT2D eigenvalue weighted by Gasteiger charge is -2.29. The summed E-state index contributed by atoms with van der Waals surface area (Å²) < 4.78 is 12.3. The fourth-order valence-electron chi connectivity index (χ4n) is 3.51. The second-order valence-corrected chi connectivity index (χ2v) is 8.61. The molecule has 1 saturated heterocycles. The molecule has 1 aliphatic heterocycles. The smallest absolute Gasteiger partial charge is 0.260 e. The van der Waals surface area contributed by atoms with Crippen molar-refractivity contribution in [2.75, 3.05) is 50.9 Å². The maximum Gasteiger partial charge on any atom is 0.260 e. The number of carbonyl (C=O) groups excluding carboxylic acids is 1. The summed E-state index contributed by atoms with van der Waals surface area (Å²) in [6.45, 7) is 7.50. The van der Waals surface area contributed by atoms with Crippen molar-refractivity contribution in [1.29, 1.82) is 0 Å². The zero-order valence-electron chi connectivity index (χ0n) is 18.0. The van der Waals surface area contributed by atoms with Crippen LogP contribution in [0.2, 0.25) is 0 Å². The molecule has 0 bridgehead atoms. The highest BCUT2D eigenvalue weighted by Crippen LogP contribution is 2.29. The van der Waals surface area contributed by atoms with Crippen molar-refractivity contribution < 1.29 is 14.3 Å². The number of anilines is 1. The third-order valence-electron chi connectivity index (χ3n) is 5.37. The molecule has 31 heavy (non-hydrogen) atoms. The number of amides is 1. The van der Waals surface area contributed by atoms with E-state index in [2.05, 4.69) is 11.8 Å². The van der Waals surface area contributed by atoms with E-state index in [-0.39, 0.29) is 5.91 Å². The number of hydrogen-bond acceptors (Lipinski definition) is 6. The summed E-state index contributed by atoms with van der Waals surface area (Å²) in [5.74, 6) is 0.761. The Kier molecular flexibility index (Phi) is 7.51. The number of ether oxygens (including phenoxy) is 2. The Balaban J connectivity index is 1.53. The minimum Gasteiger partial charge on any atom is -0.494 e. The monoisotopic (exact) mass is 439 g/mol. The van der Waals surface area contributed by atoms with Crippen molar-refractivity contribution in [1.82, 2.24) is 9.88 Å². The maximum absolute atomic E-state index is 13.5. The maximum atomic E-state index is 13.5. The lowest BCUT2D eigenvalue weighted by molar-refractivity contribution is 0.0391. The number of fused-ring (bicyclic) bond motifs is 1. The minimum absolute atomic E-state index is 0.0348. The standard InChI is InChI=1S/C24H29N3O3S/c1-2-3-16-30-20-10-8-19(9-11-20)23(28)27(13-12-26-14-17-29-18-15-26)24-25-21-6-4-5-7-22(21)31-24/h4-11H,2-3,12-18H2,1H3. The van der Waals surface area contributed by atoms with Gasteiger partial charge in [-0.1, -0.05) is 36.8 Å². The summed E-state index contributed by atoms with van der Waals surface area (Å²) in [7, 11) is 0. The lowest BCUT2D eigenvalue weighted by atomic mass is 10.2. The molecule has 6 nitrogen and oxygen atoms in total. The van der Waals surface area contributed by atoms with Crippen LogP contribution < -0.4 is 9.64 Å². The van der Waals surface area contributed by atoms with Gasteiger partial charge in [0.25, 0.3) is 5.91 Å². The van der Waals surface area contributed by atoms with E-state index in [9.17, 15) is 4.79 Å². The first-order chi connectivity index (χ1) is 15.2. The highest BCUT2D eigenvalue weighted by Gasteiger charge is 2.23. The van der Waals surface area contributed by atoms with E-state index in [4.69, 9.17) is 14.5 Å². The number of carbonyl (C=O) groups is 1. The van der Waals surface area contributed by atoms with E-state index in [1.807, 2.05) is 53.4 Å². The van der Waals surface area contributed by atoms with Crippen LogP contribution in [0, 0.1) is 0 Å². The predicted molar refractivity (Wildman–Crippen MR) is 125 cm³/mol. The molecule has 2 heterocycles. The van der Waals surface area contributed by atoms with Gasteiger partial charge in [-0.2, -0.15) is 0 Å². The van der Waals surface area contributed by atoms with Gasteiger partial charge in [0.2, 0.25) is 0 Å². The van der Waals surface area contributed by atoms with Gasteiger partial charge in [-0.25, -0.2) is 4.98 Å². The fraction of sp³-hybridized carbons (Fsp3) is 0.417. The lowest BCUT2D eigenvalue weighted by Crippen LogP contribution is -2.43. The third kappa shape index (κ3) is 5.61. The molecule has 2 aromatic carbocycles. The third-order valence-corrected chi connectivity index (χ3v) is 6.43. The predicted octanol–water partition coefficient (Wildman–Crippen LogP) is 4.45. The van der Waals surface area contributed by atoms with Gasteiger partial charge in [-0.15, -0.1) is 0 Å². The molecule has 164 valence electrons. The first kappa shape index (κ1) is 21.7. The Hall–Kier alpha value is -2.48. The van der Waals surface area contributed by atoms with Crippen LogP contribution in [-0.4, -0.2) is 61.8 Å². The summed E-state index contributed by atoms with van der Waals surface area (Å²) in [6.07, 6.45) is 2.12. The Morgan fingerprint density at radius 2 is 1.94 bits per heavy atom. The molecular formula is C24H29N3O3S. The number of nitrogens with zero attached hydrogens (tertiary/aromatic N) is 3. The summed E-state index contributed by atoms with van der Waals surface area (Å²) in [6, 6.07) is 15.5. The van der Waals surface area contributed by atoms with Crippen molar-refractivity contribution in [3.05, 3.63) is 54.1 Å². The highest BCUT2D eigenvalue weighted by atomic mass is 32.1. The first-order valence-electron chi connectivity index (χ1n) is 10.9. The Bertz CT molecular complexity index is 950. The van der Waals surface area contributed by atoms with Gasteiger partial charge in [0.15, 0.2) is 5.13 Å². The molecule has 0 atom stereocenters. The molecule has 0 N–H and O–H groups in total. The van der Waals surface area contributed by atoms with Gasteiger partial charge in [0.1, 0.15) is 5.75 Å². The van der Waals surface area contributed by atoms with Gasteiger partial charge < -0.3 is 9.47 Å². The fourth-order valence-corrected chi connectivity index (χ4v) is 4.50. The van der Waals surface area contributed by atoms with Crippen molar-refractivity contribution >= 4 is 32.6 Å². The number of thiazole rings is 1. The average molecular weight is 440 g/mol. The first-order valence-corrected chi connectivity index (χ1v) is 11.8. The second-order valence-electron chi connectivity index (χ2n) is 7.60. The topological polar surface area (TPSA) is 54.9 Å². The van der Waals surface area contributed by atoms with E-state index in [0.717, 1.165) is 66.8 Å². The summed E-state index contributed by atoms with van der Waals surface area (Å²) in [5.41, 5.74) is 1.57. The highest BCUT2D eigenvalue weighted by molar-refractivity contribution is 7.22. The number of aromatic nitrogens is 1.